The number of likely N-dealkylation sites (tertiary alicyclic amines) is 1. The number of amides is 1. The Morgan fingerprint density at radius 3 is 2.52 bits per heavy atom. The number of methoxy groups -OCH3 is 2. The minimum Gasteiger partial charge on any atom is -0.493 e. The van der Waals surface area contributed by atoms with E-state index in [-0.39, 0.29) is 23.7 Å². The number of ether oxygens (including phenoxy) is 2. The lowest BCUT2D eigenvalue weighted by molar-refractivity contribution is -0.123. The van der Waals surface area contributed by atoms with Gasteiger partial charge in [-0.3, -0.25) is 9.69 Å². The van der Waals surface area contributed by atoms with Crippen molar-refractivity contribution in [1.29, 1.82) is 0 Å². The number of rotatable bonds is 8. The molecule has 10 heteroatoms. The van der Waals surface area contributed by atoms with Crippen molar-refractivity contribution in [2.45, 2.75) is 25.4 Å². The van der Waals surface area contributed by atoms with Gasteiger partial charge in [-0.2, -0.15) is 0 Å². The number of primary amides is 1. The van der Waals surface area contributed by atoms with Gasteiger partial charge in [0.15, 0.2) is 17.3 Å². The van der Waals surface area contributed by atoms with E-state index in [1.54, 1.807) is 31.0 Å². The van der Waals surface area contributed by atoms with Crippen LogP contribution in [0.5, 0.6) is 11.5 Å². The molecular formula is C23H27FN6O3. The Labute approximate surface area is 191 Å². The average Bonchev–Trinajstić information content (AvgIpc) is 3.28. The molecule has 0 aliphatic carbocycles. The van der Waals surface area contributed by atoms with Crippen LogP contribution >= 0.6 is 0 Å². The van der Waals surface area contributed by atoms with Gasteiger partial charge in [0, 0.05) is 11.5 Å². The molecule has 4 rings (SSSR count). The summed E-state index contributed by atoms with van der Waals surface area (Å²) in [6.45, 7) is 1.66. The topological polar surface area (TPSA) is 108 Å². The van der Waals surface area contributed by atoms with E-state index < -0.39 is 0 Å². The van der Waals surface area contributed by atoms with E-state index in [4.69, 9.17) is 15.2 Å². The van der Waals surface area contributed by atoms with Crippen LogP contribution in [0.4, 0.5) is 4.39 Å². The maximum atomic E-state index is 13.4. The van der Waals surface area contributed by atoms with Crippen LogP contribution in [0.3, 0.4) is 0 Å². The van der Waals surface area contributed by atoms with Crippen molar-refractivity contribution in [2.24, 2.45) is 11.7 Å². The molecule has 33 heavy (non-hydrogen) atoms. The predicted molar refractivity (Wildman–Crippen MR) is 118 cm³/mol. The van der Waals surface area contributed by atoms with E-state index >= 15 is 0 Å². The first-order valence-electron chi connectivity index (χ1n) is 10.8. The molecule has 174 valence electrons. The number of carbonyl (C=O) groups is 1. The molecule has 1 aliphatic rings. The van der Waals surface area contributed by atoms with Crippen LogP contribution in [0.25, 0.3) is 0 Å². The maximum Gasteiger partial charge on any atom is 0.220 e. The number of benzene rings is 2. The first-order chi connectivity index (χ1) is 16.0. The van der Waals surface area contributed by atoms with Gasteiger partial charge in [-0.25, -0.2) is 9.07 Å². The van der Waals surface area contributed by atoms with Crippen LogP contribution in [0.15, 0.2) is 42.5 Å². The first kappa shape index (κ1) is 22.7. The summed E-state index contributed by atoms with van der Waals surface area (Å²) in [5, 5.41) is 12.5. The number of carbonyl (C=O) groups excluding carboxylic acids is 1. The summed E-state index contributed by atoms with van der Waals surface area (Å²) >= 11 is 0. The number of aromatic nitrogens is 4. The standard InChI is InChI=1S/C23H27FN6O3/c1-32-19-5-3-4-18(21(19)33-2)20(29-12-10-16(11-13-29)22(25)31)23-26-27-28-30(23)14-15-6-8-17(24)9-7-15/h3-9,16,20H,10-14H2,1-2H3,(H2,25,31)/t20-/m0/s1. The number of halogens is 1. The highest BCUT2D eigenvalue weighted by molar-refractivity contribution is 5.76. The Hall–Kier alpha value is -3.53. The largest absolute Gasteiger partial charge is 0.493 e. The number of hydrogen-bond donors (Lipinski definition) is 1. The second-order valence-corrected chi connectivity index (χ2v) is 8.02. The molecule has 0 bridgehead atoms. The summed E-state index contributed by atoms with van der Waals surface area (Å²) in [6.07, 6.45) is 1.30. The SMILES string of the molecule is COc1cccc([C@@H](c2nnnn2Cc2ccc(F)cc2)N2CCC(C(N)=O)CC2)c1OC. The molecule has 2 heterocycles. The fourth-order valence-corrected chi connectivity index (χ4v) is 4.35. The molecule has 1 saturated heterocycles. The Bertz CT molecular complexity index is 1100. The second-order valence-electron chi connectivity index (χ2n) is 8.02. The summed E-state index contributed by atoms with van der Waals surface area (Å²) in [4.78, 5) is 13.9. The first-order valence-corrected chi connectivity index (χ1v) is 10.8. The molecule has 0 radical (unpaired) electrons. The monoisotopic (exact) mass is 454 g/mol. The maximum absolute atomic E-state index is 13.4. The van der Waals surface area contributed by atoms with Crippen LogP contribution in [0.1, 0.15) is 35.8 Å². The summed E-state index contributed by atoms with van der Waals surface area (Å²) in [7, 11) is 3.19. The van der Waals surface area contributed by atoms with Gasteiger partial charge in [-0.05, 0) is 60.1 Å². The molecule has 1 aromatic heterocycles. The number of piperidine rings is 1. The molecule has 1 fully saturated rings. The summed E-state index contributed by atoms with van der Waals surface area (Å²) < 4.78 is 26.3. The molecule has 1 atom stereocenters. The summed E-state index contributed by atoms with van der Waals surface area (Å²) in [6, 6.07) is 11.6. The fourth-order valence-electron chi connectivity index (χ4n) is 4.35. The molecule has 2 N–H and O–H groups in total. The van der Waals surface area contributed by atoms with E-state index in [2.05, 4.69) is 20.4 Å². The van der Waals surface area contributed by atoms with Crippen molar-refractivity contribution in [3.63, 3.8) is 0 Å². The van der Waals surface area contributed by atoms with Crippen molar-refractivity contribution >= 4 is 5.91 Å². The Morgan fingerprint density at radius 2 is 1.88 bits per heavy atom. The van der Waals surface area contributed by atoms with Gasteiger partial charge in [-0.15, -0.1) is 5.10 Å². The van der Waals surface area contributed by atoms with E-state index in [0.29, 0.717) is 49.8 Å². The molecule has 9 nitrogen and oxygen atoms in total. The summed E-state index contributed by atoms with van der Waals surface area (Å²) in [5.41, 5.74) is 7.26. The lowest BCUT2D eigenvalue weighted by atomic mass is 9.93. The molecule has 3 aromatic rings. The molecule has 0 unspecified atom stereocenters. The van der Waals surface area contributed by atoms with Gasteiger partial charge in [0.1, 0.15) is 11.9 Å². The van der Waals surface area contributed by atoms with Crippen molar-refractivity contribution in [2.75, 3.05) is 27.3 Å². The molecule has 2 aromatic carbocycles. The molecule has 1 aliphatic heterocycles. The molecule has 0 saturated carbocycles. The minimum absolute atomic E-state index is 0.149. The zero-order chi connectivity index (χ0) is 23.4. The normalized spacial score (nSPS) is 15.8. The van der Waals surface area contributed by atoms with Gasteiger partial charge in [-0.1, -0.05) is 24.3 Å². The zero-order valence-corrected chi connectivity index (χ0v) is 18.6. The van der Waals surface area contributed by atoms with Gasteiger partial charge >= 0.3 is 0 Å². The Balaban J connectivity index is 1.74. The molecule has 1 amide bonds. The number of hydrogen-bond acceptors (Lipinski definition) is 7. The third-order valence-electron chi connectivity index (χ3n) is 6.07. The highest BCUT2D eigenvalue weighted by Crippen LogP contribution is 2.40. The van der Waals surface area contributed by atoms with Gasteiger partial charge < -0.3 is 15.2 Å². The quantitative estimate of drug-likeness (QED) is 0.556. The smallest absolute Gasteiger partial charge is 0.220 e. The molecule has 0 spiro atoms. The highest BCUT2D eigenvalue weighted by Gasteiger charge is 2.35. The average molecular weight is 455 g/mol. The number of nitrogens with zero attached hydrogens (tertiary/aromatic N) is 5. The Kier molecular flexibility index (Phi) is 6.83. The van der Waals surface area contributed by atoms with Crippen LogP contribution in [0, 0.1) is 11.7 Å². The van der Waals surface area contributed by atoms with Gasteiger partial charge in [0.2, 0.25) is 5.91 Å². The lowest BCUT2D eigenvalue weighted by Gasteiger charge is -2.36. The van der Waals surface area contributed by atoms with E-state index in [9.17, 15) is 9.18 Å². The van der Waals surface area contributed by atoms with Crippen LogP contribution < -0.4 is 15.2 Å². The number of nitrogens with two attached hydrogens (primary N) is 1. The van der Waals surface area contributed by atoms with E-state index in [0.717, 1.165) is 11.1 Å². The Morgan fingerprint density at radius 1 is 1.15 bits per heavy atom. The van der Waals surface area contributed by atoms with Crippen molar-refractivity contribution in [1.82, 2.24) is 25.1 Å². The number of tetrazole rings is 1. The van der Waals surface area contributed by atoms with Crippen molar-refractivity contribution in [3.8, 4) is 11.5 Å². The van der Waals surface area contributed by atoms with Crippen molar-refractivity contribution < 1.29 is 18.7 Å². The third-order valence-corrected chi connectivity index (χ3v) is 6.07. The van der Waals surface area contributed by atoms with Crippen LogP contribution in [0.2, 0.25) is 0 Å². The van der Waals surface area contributed by atoms with E-state index in [1.165, 1.54) is 12.1 Å². The van der Waals surface area contributed by atoms with Crippen molar-refractivity contribution in [3.05, 3.63) is 65.2 Å². The van der Waals surface area contributed by atoms with Gasteiger partial charge in [0.25, 0.3) is 0 Å². The number of para-hydroxylation sites is 1. The van der Waals surface area contributed by atoms with Crippen LogP contribution in [-0.4, -0.2) is 58.3 Å². The minimum atomic E-state index is -0.348. The predicted octanol–water partition coefficient (Wildman–Crippen LogP) is 2.16. The second kappa shape index (κ2) is 9.95. The van der Waals surface area contributed by atoms with E-state index in [1.807, 2.05) is 18.2 Å². The zero-order valence-electron chi connectivity index (χ0n) is 18.6. The molecular weight excluding hydrogens is 427 g/mol. The highest BCUT2D eigenvalue weighted by atomic mass is 19.1. The fraction of sp³-hybridized carbons (Fsp3) is 0.391. The van der Waals surface area contributed by atoms with Gasteiger partial charge in [0.05, 0.1) is 20.8 Å². The summed E-state index contributed by atoms with van der Waals surface area (Å²) in [5.74, 6) is 1.09. The third kappa shape index (κ3) is 4.80. The van der Waals surface area contributed by atoms with Crippen LogP contribution in [-0.2, 0) is 11.3 Å². The lowest BCUT2D eigenvalue weighted by Crippen LogP contribution is -2.41.